The molecule has 0 fully saturated rings. The van der Waals surface area contributed by atoms with Crippen molar-refractivity contribution in [1.82, 2.24) is 4.98 Å². The van der Waals surface area contributed by atoms with Crippen LogP contribution in [0.3, 0.4) is 0 Å². The first-order valence-electron chi connectivity index (χ1n) is 10.7. The molecule has 1 aromatic heterocycles. The fraction of sp³-hybridized carbons (Fsp3) is 0.148. The van der Waals surface area contributed by atoms with Gasteiger partial charge in [-0.05, 0) is 92.1 Å². The predicted octanol–water partition coefficient (Wildman–Crippen LogP) is 5.69. The standard InChI is InChI=1S/C27H23N3O2/c1-17-3-4-21-16-22-13-14-30(26(22)29-25(21)15-17)24-11-7-20(8-12-24)27(32)28-23-9-5-19(6-10-23)18(2)31/h3-12,15-16H,13-14H2,1-2H3,(H,28,32). The zero-order valence-corrected chi connectivity index (χ0v) is 18.1. The summed E-state index contributed by atoms with van der Waals surface area (Å²) in [5.74, 6) is 0.805. The Morgan fingerprint density at radius 2 is 1.62 bits per heavy atom. The van der Waals surface area contributed by atoms with E-state index in [4.69, 9.17) is 4.98 Å². The second-order valence-corrected chi connectivity index (χ2v) is 8.20. The number of nitrogens with one attached hydrogen (secondary N) is 1. The van der Waals surface area contributed by atoms with Crippen LogP contribution in [0.15, 0.2) is 72.8 Å². The van der Waals surface area contributed by atoms with E-state index in [1.54, 1.807) is 24.3 Å². The Labute approximate surface area is 186 Å². The summed E-state index contributed by atoms with van der Waals surface area (Å²) in [5.41, 5.74) is 6.32. The third-order valence-corrected chi connectivity index (χ3v) is 5.88. The number of carbonyl (C=O) groups excluding carboxylic acids is 2. The summed E-state index contributed by atoms with van der Waals surface area (Å²) in [7, 11) is 0. The van der Waals surface area contributed by atoms with Gasteiger partial charge in [-0.1, -0.05) is 12.1 Å². The number of ketones is 1. The summed E-state index contributed by atoms with van der Waals surface area (Å²) in [5, 5.41) is 4.04. The first-order valence-corrected chi connectivity index (χ1v) is 10.7. The zero-order chi connectivity index (χ0) is 22.2. The van der Waals surface area contributed by atoms with Crippen molar-refractivity contribution in [3.8, 4) is 0 Å². The van der Waals surface area contributed by atoms with Crippen molar-refractivity contribution in [2.24, 2.45) is 0 Å². The molecule has 158 valence electrons. The molecule has 5 rings (SSSR count). The van der Waals surface area contributed by atoms with Crippen LogP contribution in [0.2, 0.25) is 0 Å². The quantitative estimate of drug-likeness (QED) is 0.430. The minimum atomic E-state index is -0.187. The highest BCUT2D eigenvalue weighted by molar-refractivity contribution is 6.04. The van der Waals surface area contributed by atoms with Crippen LogP contribution < -0.4 is 10.2 Å². The fourth-order valence-electron chi connectivity index (χ4n) is 4.10. The van der Waals surface area contributed by atoms with Crippen LogP contribution in [0.1, 0.15) is 38.8 Å². The molecule has 1 amide bonds. The molecular weight excluding hydrogens is 398 g/mol. The van der Waals surface area contributed by atoms with Gasteiger partial charge < -0.3 is 10.2 Å². The number of anilines is 3. The van der Waals surface area contributed by atoms with Crippen molar-refractivity contribution in [3.05, 3.63) is 95.1 Å². The number of pyridine rings is 1. The van der Waals surface area contributed by atoms with Crippen LogP contribution in [0.4, 0.5) is 17.2 Å². The monoisotopic (exact) mass is 421 g/mol. The van der Waals surface area contributed by atoms with Crippen LogP contribution in [0, 0.1) is 6.92 Å². The third kappa shape index (κ3) is 3.73. The van der Waals surface area contributed by atoms with Gasteiger partial charge in [0, 0.05) is 34.4 Å². The Kier molecular flexibility index (Phi) is 4.94. The van der Waals surface area contributed by atoms with E-state index >= 15 is 0 Å². The number of rotatable bonds is 4. The van der Waals surface area contributed by atoms with E-state index in [1.807, 2.05) is 24.3 Å². The highest BCUT2D eigenvalue weighted by Gasteiger charge is 2.23. The van der Waals surface area contributed by atoms with Gasteiger partial charge in [0.25, 0.3) is 5.91 Å². The van der Waals surface area contributed by atoms with E-state index in [-0.39, 0.29) is 11.7 Å². The first kappa shape index (κ1) is 19.9. The van der Waals surface area contributed by atoms with Crippen molar-refractivity contribution >= 4 is 39.8 Å². The molecule has 0 bridgehead atoms. The summed E-state index contributed by atoms with van der Waals surface area (Å²) in [6.45, 7) is 4.46. The van der Waals surface area contributed by atoms with Gasteiger partial charge in [-0.2, -0.15) is 0 Å². The van der Waals surface area contributed by atoms with E-state index in [0.29, 0.717) is 16.8 Å². The maximum Gasteiger partial charge on any atom is 0.255 e. The number of fused-ring (bicyclic) bond motifs is 2. The Morgan fingerprint density at radius 1 is 0.906 bits per heavy atom. The van der Waals surface area contributed by atoms with Gasteiger partial charge in [0.15, 0.2) is 5.78 Å². The molecule has 5 heteroatoms. The van der Waals surface area contributed by atoms with Gasteiger partial charge in [-0.3, -0.25) is 9.59 Å². The number of hydrogen-bond donors (Lipinski definition) is 1. The minimum absolute atomic E-state index is 0.000395. The van der Waals surface area contributed by atoms with Crippen LogP contribution in [-0.4, -0.2) is 23.2 Å². The van der Waals surface area contributed by atoms with Crippen molar-refractivity contribution in [2.75, 3.05) is 16.8 Å². The lowest BCUT2D eigenvalue weighted by molar-refractivity contribution is 0.101. The highest BCUT2D eigenvalue weighted by Crippen LogP contribution is 2.35. The second kappa shape index (κ2) is 7.93. The lowest BCUT2D eigenvalue weighted by Gasteiger charge is -2.19. The normalized spacial score (nSPS) is 12.6. The summed E-state index contributed by atoms with van der Waals surface area (Å²) in [4.78, 5) is 31.2. The smallest absolute Gasteiger partial charge is 0.255 e. The number of aromatic nitrogens is 1. The topological polar surface area (TPSA) is 62.3 Å². The van der Waals surface area contributed by atoms with E-state index in [2.05, 4.69) is 41.4 Å². The number of carbonyl (C=O) groups is 2. The molecule has 1 aliphatic heterocycles. The molecule has 0 radical (unpaired) electrons. The third-order valence-electron chi connectivity index (χ3n) is 5.88. The maximum atomic E-state index is 12.6. The molecule has 5 nitrogen and oxygen atoms in total. The van der Waals surface area contributed by atoms with Gasteiger partial charge in [0.2, 0.25) is 0 Å². The Hall–Kier alpha value is -3.99. The van der Waals surface area contributed by atoms with Gasteiger partial charge in [0.05, 0.1) is 5.52 Å². The Morgan fingerprint density at radius 3 is 2.34 bits per heavy atom. The van der Waals surface area contributed by atoms with E-state index in [0.717, 1.165) is 30.0 Å². The lowest BCUT2D eigenvalue weighted by Crippen LogP contribution is -2.15. The molecular formula is C27H23N3O2. The molecule has 0 spiro atoms. The average molecular weight is 422 g/mol. The minimum Gasteiger partial charge on any atom is -0.326 e. The Balaban J connectivity index is 1.35. The molecule has 0 atom stereocenters. The summed E-state index contributed by atoms with van der Waals surface area (Å²) in [6.07, 6.45) is 0.949. The van der Waals surface area contributed by atoms with Crippen molar-refractivity contribution in [2.45, 2.75) is 20.3 Å². The molecule has 1 N–H and O–H groups in total. The summed E-state index contributed by atoms with van der Waals surface area (Å²) < 4.78 is 0. The van der Waals surface area contributed by atoms with Crippen molar-refractivity contribution in [1.29, 1.82) is 0 Å². The number of Topliss-reactive ketones (excluding diaryl/α,β-unsaturated/α-hetero) is 1. The van der Waals surface area contributed by atoms with Crippen molar-refractivity contribution < 1.29 is 9.59 Å². The maximum absolute atomic E-state index is 12.6. The zero-order valence-electron chi connectivity index (χ0n) is 18.1. The number of aryl methyl sites for hydroxylation is 1. The SMILES string of the molecule is CC(=O)c1ccc(NC(=O)c2ccc(N3CCc4cc5ccc(C)cc5nc43)cc2)cc1. The molecule has 2 heterocycles. The van der Waals surface area contributed by atoms with Crippen molar-refractivity contribution in [3.63, 3.8) is 0 Å². The second-order valence-electron chi connectivity index (χ2n) is 8.20. The summed E-state index contributed by atoms with van der Waals surface area (Å²) in [6, 6.07) is 23.1. The number of benzene rings is 3. The summed E-state index contributed by atoms with van der Waals surface area (Å²) >= 11 is 0. The van der Waals surface area contributed by atoms with Crippen LogP contribution in [-0.2, 0) is 6.42 Å². The van der Waals surface area contributed by atoms with Gasteiger partial charge >= 0.3 is 0 Å². The van der Waals surface area contributed by atoms with E-state index < -0.39 is 0 Å². The molecule has 4 aromatic rings. The predicted molar refractivity (Wildman–Crippen MR) is 128 cm³/mol. The molecule has 0 unspecified atom stereocenters. The van der Waals surface area contributed by atoms with Gasteiger partial charge in [-0.15, -0.1) is 0 Å². The van der Waals surface area contributed by atoms with Crippen LogP contribution in [0.25, 0.3) is 10.9 Å². The van der Waals surface area contributed by atoms with Crippen LogP contribution >= 0.6 is 0 Å². The lowest BCUT2D eigenvalue weighted by atomic mass is 10.1. The molecule has 32 heavy (non-hydrogen) atoms. The number of hydrogen-bond acceptors (Lipinski definition) is 4. The van der Waals surface area contributed by atoms with Gasteiger partial charge in [-0.25, -0.2) is 4.98 Å². The largest absolute Gasteiger partial charge is 0.326 e. The number of amides is 1. The molecule has 0 aliphatic carbocycles. The molecule has 0 saturated carbocycles. The molecule has 0 saturated heterocycles. The number of nitrogens with zero attached hydrogens (tertiary/aromatic N) is 2. The average Bonchev–Trinajstić information content (AvgIpc) is 3.20. The molecule has 3 aromatic carbocycles. The fourth-order valence-corrected chi connectivity index (χ4v) is 4.10. The first-order chi connectivity index (χ1) is 15.5. The van der Waals surface area contributed by atoms with Crippen LogP contribution in [0.5, 0.6) is 0 Å². The molecule has 1 aliphatic rings. The Bertz CT molecular complexity index is 1340. The highest BCUT2D eigenvalue weighted by atomic mass is 16.1. The van der Waals surface area contributed by atoms with E-state index in [1.165, 1.54) is 23.4 Å². The van der Waals surface area contributed by atoms with Gasteiger partial charge in [0.1, 0.15) is 5.82 Å². The van der Waals surface area contributed by atoms with E-state index in [9.17, 15) is 9.59 Å².